The lowest BCUT2D eigenvalue weighted by atomic mass is 9.77. The third kappa shape index (κ3) is 4.22. The highest BCUT2D eigenvalue weighted by Gasteiger charge is 2.39. The number of nitrogens with two attached hydrogens (primary N) is 1. The van der Waals surface area contributed by atoms with Gasteiger partial charge in [0.15, 0.2) is 0 Å². The van der Waals surface area contributed by atoms with Crippen molar-refractivity contribution in [3.8, 4) is 0 Å². The molecule has 1 fully saturated rings. The van der Waals surface area contributed by atoms with E-state index in [0.717, 1.165) is 32.3 Å². The molecule has 0 aromatic rings. The van der Waals surface area contributed by atoms with Gasteiger partial charge in [-0.25, -0.2) is 0 Å². The quantitative estimate of drug-likeness (QED) is 0.761. The number of hydrogen-bond donors (Lipinski definition) is 1. The molecule has 1 aliphatic rings. The third-order valence-corrected chi connectivity index (χ3v) is 4.42. The van der Waals surface area contributed by atoms with Gasteiger partial charge in [-0.15, -0.1) is 0 Å². The van der Waals surface area contributed by atoms with Crippen LogP contribution in [0.2, 0.25) is 0 Å². The average Bonchev–Trinajstić information content (AvgIpc) is 2.37. The van der Waals surface area contributed by atoms with E-state index in [1.54, 1.807) is 7.11 Å². The molecule has 0 amide bonds. The first-order valence-electron chi connectivity index (χ1n) is 7.40. The largest absolute Gasteiger partial charge is 0.379 e. The monoisotopic (exact) mass is 257 g/mol. The summed E-state index contributed by atoms with van der Waals surface area (Å²) < 4.78 is 11.5. The van der Waals surface area contributed by atoms with Gasteiger partial charge in [0.2, 0.25) is 0 Å². The molecule has 2 N–H and O–H groups in total. The first-order chi connectivity index (χ1) is 8.46. The van der Waals surface area contributed by atoms with Crippen LogP contribution in [0.4, 0.5) is 0 Å². The van der Waals surface area contributed by atoms with E-state index in [4.69, 9.17) is 15.2 Å². The van der Waals surface area contributed by atoms with Crippen LogP contribution in [-0.4, -0.2) is 31.0 Å². The van der Waals surface area contributed by atoms with Crippen LogP contribution in [0, 0.1) is 0 Å². The van der Waals surface area contributed by atoms with E-state index in [9.17, 15) is 0 Å². The predicted octanol–water partition coefficient (Wildman–Crippen LogP) is 3.26. The molecular formula is C15H31NO2. The predicted molar refractivity (Wildman–Crippen MR) is 75.7 cm³/mol. The number of methoxy groups -OCH3 is 1. The fraction of sp³-hybridized carbons (Fsp3) is 1.00. The maximum atomic E-state index is 6.45. The van der Waals surface area contributed by atoms with Gasteiger partial charge in [-0.3, -0.25) is 0 Å². The van der Waals surface area contributed by atoms with E-state index in [0.29, 0.717) is 0 Å². The van der Waals surface area contributed by atoms with Crippen molar-refractivity contribution in [2.75, 3.05) is 13.7 Å². The second-order valence-corrected chi connectivity index (χ2v) is 6.17. The van der Waals surface area contributed by atoms with Gasteiger partial charge >= 0.3 is 0 Å². The van der Waals surface area contributed by atoms with Crippen molar-refractivity contribution in [2.24, 2.45) is 5.73 Å². The number of rotatable bonds is 7. The van der Waals surface area contributed by atoms with E-state index < -0.39 is 0 Å². The fourth-order valence-corrected chi connectivity index (χ4v) is 2.93. The molecular weight excluding hydrogens is 226 g/mol. The van der Waals surface area contributed by atoms with E-state index in [-0.39, 0.29) is 17.2 Å². The summed E-state index contributed by atoms with van der Waals surface area (Å²) in [6.45, 7) is 7.07. The molecule has 0 aromatic carbocycles. The van der Waals surface area contributed by atoms with Crippen LogP contribution < -0.4 is 5.73 Å². The zero-order chi connectivity index (χ0) is 13.6. The Morgan fingerprint density at radius 3 is 2.33 bits per heavy atom. The molecule has 18 heavy (non-hydrogen) atoms. The Morgan fingerprint density at radius 2 is 1.83 bits per heavy atom. The molecule has 0 aromatic heterocycles. The van der Waals surface area contributed by atoms with Crippen LogP contribution in [0.1, 0.15) is 65.7 Å². The van der Waals surface area contributed by atoms with Crippen molar-refractivity contribution >= 4 is 0 Å². The summed E-state index contributed by atoms with van der Waals surface area (Å²) >= 11 is 0. The molecule has 1 aliphatic carbocycles. The molecule has 0 spiro atoms. The number of ether oxygens (including phenoxy) is 2. The Kier molecular flexibility index (Phi) is 6.09. The van der Waals surface area contributed by atoms with Crippen LogP contribution in [0.5, 0.6) is 0 Å². The van der Waals surface area contributed by atoms with E-state index >= 15 is 0 Å². The summed E-state index contributed by atoms with van der Waals surface area (Å²) in [6, 6.07) is 0.132. The maximum Gasteiger partial charge on any atom is 0.0832 e. The molecule has 0 saturated heterocycles. The number of hydrogen-bond acceptors (Lipinski definition) is 3. The minimum Gasteiger partial charge on any atom is -0.379 e. The minimum absolute atomic E-state index is 0.0726. The topological polar surface area (TPSA) is 44.5 Å². The molecule has 1 saturated carbocycles. The Hall–Kier alpha value is -0.120. The lowest BCUT2D eigenvalue weighted by molar-refractivity contribution is -0.0878. The zero-order valence-corrected chi connectivity index (χ0v) is 12.6. The summed E-state index contributed by atoms with van der Waals surface area (Å²) in [5, 5.41) is 0. The standard InChI is InChI=1S/C15H31NO2/c1-5-18-15(10-7-6-8-11-15)13(16)9-12-14(2,3)17-4/h13H,5-12,16H2,1-4H3. The minimum atomic E-state index is -0.0836. The van der Waals surface area contributed by atoms with Crippen LogP contribution in [0.15, 0.2) is 0 Å². The second-order valence-electron chi connectivity index (χ2n) is 6.17. The molecule has 1 atom stereocenters. The van der Waals surface area contributed by atoms with Gasteiger partial charge in [-0.05, 0) is 46.5 Å². The summed E-state index contributed by atoms with van der Waals surface area (Å²) in [4.78, 5) is 0. The van der Waals surface area contributed by atoms with Crippen LogP contribution in [0.25, 0.3) is 0 Å². The van der Waals surface area contributed by atoms with Crippen molar-refractivity contribution in [1.82, 2.24) is 0 Å². The highest BCUT2D eigenvalue weighted by Crippen LogP contribution is 2.36. The van der Waals surface area contributed by atoms with Gasteiger partial charge in [-0.2, -0.15) is 0 Å². The molecule has 108 valence electrons. The average molecular weight is 257 g/mol. The summed E-state index contributed by atoms with van der Waals surface area (Å²) in [5.41, 5.74) is 6.29. The molecule has 0 radical (unpaired) electrons. The summed E-state index contributed by atoms with van der Waals surface area (Å²) in [7, 11) is 1.77. The van der Waals surface area contributed by atoms with Crippen molar-refractivity contribution in [1.29, 1.82) is 0 Å². The maximum absolute atomic E-state index is 6.45. The van der Waals surface area contributed by atoms with Crippen LogP contribution >= 0.6 is 0 Å². The van der Waals surface area contributed by atoms with Crippen molar-refractivity contribution in [2.45, 2.75) is 83.0 Å². The highest BCUT2D eigenvalue weighted by molar-refractivity contribution is 4.94. The second kappa shape index (κ2) is 6.88. The molecule has 3 heteroatoms. The van der Waals surface area contributed by atoms with Crippen LogP contribution in [0.3, 0.4) is 0 Å². The molecule has 0 heterocycles. The lowest BCUT2D eigenvalue weighted by Crippen LogP contribution is -2.52. The van der Waals surface area contributed by atoms with E-state index in [2.05, 4.69) is 20.8 Å². The Bertz CT molecular complexity index is 229. The van der Waals surface area contributed by atoms with Gasteiger partial charge in [0.25, 0.3) is 0 Å². The molecule has 1 rings (SSSR count). The molecule has 3 nitrogen and oxygen atoms in total. The molecule has 0 aliphatic heterocycles. The highest BCUT2D eigenvalue weighted by atomic mass is 16.5. The van der Waals surface area contributed by atoms with Gasteiger partial charge in [0.05, 0.1) is 11.2 Å². The Balaban J connectivity index is 2.56. The SMILES string of the molecule is CCOC1(C(N)CCC(C)(C)OC)CCCCC1. The van der Waals surface area contributed by atoms with Gasteiger partial charge in [0, 0.05) is 19.8 Å². The Morgan fingerprint density at radius 1 is 1.22 bits per heavy atom. The normalized spacial score (nSPS) is 21.8. The van der Waals surface area contributed by atoms with Crippen LogP contribution in [-0.2, 0) is 9.47 Å². The van der Waals surface area contributed by atoms with Crippen molar-refractivity contribution < 1.29 is 9.47 Å². The summed E-state index contributed by atoms with van der Waals surface area (Å²) in [5.74, 6) is 0. The zero-order valence-electron chi connectivity index (χ0n) is 12.6. The van der Waals surface area contributed by atoms with Gasteiger partial charge in [0.1, 0.15) is 0 Å². The van der Waals surface area contributed by atoms with Crippen molar-refractivity contribution in [3.05, 3.63) is 0 Å². The van der Waals surface area contributed by atoms with Gasteiger partial charge in [-0.1, -0.05) is 19.3 Å². The first-order valence-corrected chi connectivity index (χ1v) is 7.40. The van der Waals surface area contributed by atoms with E-state index in [1.807, 2.05) is 0 Å². The first kappa shape index (κ1) is 15.9. The van der Waals surface area contributed by atoms with Gasteiger partial charge < -0.3 is 15.2 Å². The lowest BCUT2D eigenvalue weighted by Gasteiger charge is -2.42. The van der Waals surface area contributed by atoms with Crippen molar-refractivity contribution in [3.63, 3.8) is 0 Å². The molecule has 1 unspecified atom stereocenters. The molecule has 0 bridgehead atoms. The Labute approximate surface area is 112 Å². The smallest absolute Gasteiger partial charge is 0.0832 e. The third-order valence-electron chi connectivity index (χ3n) is 4.42. The summed E-state index contributed by atoms with van der Waals surface area (Å²) in [6.07, 6.45) is 8.03. The fourth-order valence-electron chi connectivity index (χ4n) is 2.93. The van der Waals surface area contributed by atoms with E-state index in [1.165, 1.54) is 19.3 Å².